The molecule has 21 heavy (non-hydrogen) atoms. The summed E-state index contributed by atoms with van der Waals surface area (Å²) < 4.78 is 38.4. The van der Waals surface area contributed by atoms with E-state index in [1.165, 1.54) is 12.3 Å². The second-order valence-corrected chi connectivity index (χ2v) is 5.26. The Labute approximate surface area is 122 Å². The number of ether oxygens (including phenoxy) is 1. The number of hydrogen-bond acceptors (Lipinski definition) is 6. The van der Waals surface area contributed by atoms with Gasteiger partial charge in [0.15, 0.2) is 11.4 Å². The van der Waals surface area contributed by atoms with Crippen LogP contribution in [-0.2, 0) is 14.6 Å². The molecule has 0 aliphatic rings. The van der Waals surface area contributed by atoms with Crippen LogP contribution in [0.2, 0.25) is 0 Å². The van der Waals surface area contributed by atoms with Crippen LogP contribution in [-0.4, -0.2) is 42.2 Å². The van der Waals surface area contributed by atoms with E-state index >= 15 is 0 Å². The van der Waals surface area contributed by atoms with E-state index in [0.29, 0.717) is 25.9 Å². The van der Waals surface area contributed by atoms with Crippen molar-refractivity contribution in [1.29, 1.82) is 0 Å². The van der Waals surface area contributed by atoms with E-state index in [9.17, 15) is 13.2 Å². The number of aromatic nitrogens is 1. The first-order valence-corrected chi connectivity index (χ1v) is 7.69. The summed E-state index contributed by atoms with van der Waals surface area (Å²) >= 11 is 0. The van der Waals surface area contributed by atoms with Gasteiger partial charge in [-0.2, -0.15) is 8.42 Å². The Hall–Kier alpha value is -1.71. The van der Waals surface area contributed by atoms with Gasteiger partial charge >= 0.3 is 16.4 Å². The molecule has 1 rings (SSSR count). The van der Waals surface area contributed by atoms with Crippen LogP contribution < -0.4 is 4.74 Å². The third kappa shape index (κ3) is 7.59. The Morgan fingerprint density at radius 3 is 2.48 bits per heavy atom. The minimum absolute atomic E-state index is 0.0640. The molecule has 0 aliphatic carbocycles. The van der Waals surface area contributed by atoms with Gasteiger partial charge in [0.05, 0.1) is 13.2 Å². The molecule has 0 unspecified atom stereocenters. The lowest BCUT2D eigenvalue weighted by Gasteiger charge is -2.07. The van der Waals surface area contributed by atoms with Gasteiger partial charge in [0.25, 0.3) is 0 Å². The van der Waals surface area contributed by atoms with Crippen LogP contribution in [0.3, 0.4) is 0 Å². The van der Waals surface area contributed by atoms with E-state index in [1.54, 1.807) is 6.07 Å². The maximum atomic E-state index is 10.9. The molecule has 1 heterocycles. The molecule has 0 amide bonds. The van der Waals surface area contributed by atoms with Crippen LogP contribution in [0.5, 0.6) is 5.75 Å². The Morgan fingerprint density at radius 2 is 1.86 bits per heavy atom. The van der Waals surface area contributed by atoms with Crippen molar-refractivity contribution in [3.8, 4) is 5.75 Å². The molecule has 1 aromatic heterocycles. The summed E-state index contributed by atoms with van der Waals surface area (Å²) in [4.78, 5) is 14.6. The van der Waals surface area contributed by atoms with Crippen LogP contribution >= 0.6 is 0 Å². The summed E-state index contributed by atoms with van der Waals surface area (Å²) in [7, 11) is -4.36. The van der Waals surface area contributed by atoms with Crippen molar-refractivity contribution in [3.63, 3.8) is 0 Å². The lowest BCUT2D eigenvalue weighted by atomic mass is 10.2. The lowest BCUT2D eigenvalue weighted by Crippen LogP contribution is -2.07. The summed E-state index contributed by atoms with van der Waals surface area (Å²) in [5.41, 5.74) is -0.126. The highest BCUT2D eigenvalue weighted by atomic mass is 32.3. The summed E-state index contributed by atoms with van der Waals surface area (Å²) in [6, 6.07) is 3.13. The Bertz CT molecular complexity index is 558. The molecule has 0 saturated carbocycles. The van der Waals surface area contributed by atoms with Gasteiger partial charge < -0.3 is 9.84 Å². The van der Waals surface area contributed by atoms with Crippen LogP contribution in [0.4, 0.5) is 0 Å². The summed E-state index contributed by atoms with van der Waals surface area (Å²) in [5, 5.41) is 8.91. The van der Waals surface area contributed by atoms with Crippen molar-refractivity contribution in [2.24, 2.45) is 0 Å². The fraction of sp³-hybridized carbons (Fsp3) is 0.500. The number of carboxylic acid groups (broad SMARTS) is 1. The SMILES string of the molecule is O=C(O)c1ncccc1OCCCCCCOS(=O)(=O)O. The maximum absolute atomic E-state index is 10.9. The molecule has 0 radical (unpaired) electrons. The number of pyridine rings is 1. The molecule has 0 aliphatic heterocycles. The van der Waals surface area contributed by atoms with Gasteiger partial charge in [-0.05, 0) is 31.4 Å². The highest BCUT2D eigenvalue weighted by Gasteiger charge is 2.11. The van der Waals surface area contributed by atoms with E-state index in [2.05, 4.69) is 9.17 Å². The van der Waals surface area contributed by atoms with Crippen LogP contribution in [0.1, 0.15) is 36.2 Å². The van der Waals surface area contributed by atoms with Crippen LogP contribution in [0, 0.1) is 0 Å². The normalized spacial score (nSPS) is 11.3. The zero-order chi connectivity index (χ0) is 15.7. The molecule has 2 N–H and O–H groups in total. The van der Waals surface area contributed by atoms with Gasteiger partial charge in [-0.3, -0.25) is 4.55 Å². The van der Waals surface area contributed by atoms with Crippen molar-refractivity contribution >= 4 is 16.4 Å². The fourth-order valence-corrected chi connectivity index (χ4v) is 1.90. The van der Waals surface area contributed by atoms with Crippen molar-refractivity contribution < 1.29 is 31.8 Å². The van der Waals surface area contributed by atoms with Crippen LogP contribution in [0.15, 0.2) is 18.3 Å². The maximum Gasteiger partial charge on any atom is 0.397 e. The Morgan fingerprint density at radius 1 is 1.19 bits per heavy atom. The zero-order valence-electron chi connectivity index (χ0n) is 11.3. The van der Waals surface area contributed by atoms with E-state index in [4.69, 9.17) is 14.4 Å². The molecular formula is C12H17NO7S. The monoisotopic (exact) mass is 319 g/mol. The van der Waals surface area contributed by atoms with Crippen molar-refractivity contribution in [1.82, 2.24) is 4.98 Å². The van der Waals surface area contributed by atoms with Gasteiger partial charge in [0.1, 0.15) is 0 Å². The van der Waals surface area contributed by atoms with Crippen molar-refractivity contribution in [3.05, 3.63) is 24.0 Å². The molecule has 0 aromatic carbocycles. The van der Waals surface area contributed by atoms with Crippen LogP contribution in [0.25, 0.3) is 0 Å². The average molecular weight is 319 g/mol. The lowest BCUT2D eigenvalue weighted by molar-refractivity contribution is 0.0685. The highest BCUT2D eigenvalue weighted by molar-refractivity contribution is 7.80. The first kappa shape index (κ1) is 17.3. The molecule has 0 saturated heterocycles. The number of carbonyl (C=O) groups is 1. The molecule has 8 nitrogen and oxygen atoms in total. The molecule has 0 spiro atoms. The quantitative estimate of drug-likeness (QED) is 0.491. The van der Waals surface area contributed by atoms with Gasteiger partial charge in [0, 0.05) is 6.20 Å². The van der Waals surface area contributed by atoms with E-state index in [-0.39, 0.29) is 18.1 Å². The summed E-state index contributed by atoms with van der Waals surface area (Å²) in [5.74, 6) is -0.923. The predicted molar refractivity (Wildman–Crippen MR) is 72.7 cm³/mol. The Balaban J connectivity index is 2.16. The largest absolute Gasteiger partial charge is 0.491 e. The minimum Gasteiger partial charge on any atom is -0.491 e. The van der Waals surface area contributed by atoms with E-state index in [1.807, 2.05) is 0 Å². The number of aromatic carboxylic acids is 1. The molecular weight excluding hydrogens is 302 g/mol. The molecule has 9 heteroatoms. The first-order chi connectivity index (χ1) is 9.90. The highest BCUT2D eigenvalue weighted by Crippen LogP contribution is 2.15. The smallest absolute Gasteiger partial charge is 0.397 e. The molecule has 1 aromatic rings. The molecule has 0 atom stereocenters. The van der Waals surface area contributed by atoms with Crippen molar-refractivity contribution in [2.75, 3.05) is 13.2 Å². The molecule has 0 fully saturated rings. The van der Waals surface area contributed by atoms with Crippen molar-refractivity contribution in [2.45, 2.75) is 25.7 Å². The summed E-state index contributed by atoms with van der Waals surface area (Å²) in [6.07, 6.45) is 4.02. The second kappa shape index (κ2) is 8.55. The fourth-order valence-electron chi connectivity index (χ4n) is 1.57. The summed E-state index contributed by atoms with van der Waals surface area (Å²) in [6.45, 7) is 0.274. The number of rotatable bonds is 10. The van der Waals surface area contributed by atoms with Gasteiger partial charge in [-0.1, -0.05) is 6.42 Å². The Kier molecular flexibility index (Phi) is 7.06. The third-order valence-corrected chi connectivity index (χ3v) is 2.97. The predicted octanol–water partition coefficient (Wildman–Crippen LogP) is 1.54. The number of carboxylic acids is 1. The third-order valence-electron chi connectivity index (χ3n) is 2.50. The minimum atomic E-state index is -4.36. The topological polar surface area (TPSA) is 123 Å². The zero-order valence-corrected chi connectivity index (χ0v) is 12.1. The molecule has 118 valence electrons. The number of nitrogens with zero attached hydrogens (tertiary/aromatic N) is 1. The van der Waals surface area contributed by atoms with Gasteiger partial charge in [-0.25, -0.2) is 14.0 Å². The van der Waals surface area contributed by atoms with Gasteiger partial charge in [-0.15, -0.1) is 0 Å². The van der Waals surface area contributed by atoms with Gasteiger partial charge in [0.2, 0.25) is 0 Å². The van der Waals surface area contributed by atoms with E-state index < -0.39 is 16.4 Å². The number of unbranched alkanes of at least 4 members (excludes halogenated alkanes) is 3. The molecule has 0 bridgehead atoms. The average Bonchev–Trinajstić information content (AvgIpc) is 2.41. The second-order valence-electron chi connectivity index (χ2n) is 4.17. The standard InChI is InChI=1S/C12H17NO7S/c14-12(15)11-10(6-5-7-13-11)19-8-3-1-2-4-9-20-21(16,17)18/h5-7H,1-4,8-9H2,(H,14,15)(H,16,17,18). The van der Waals surface area contributed by atoms with E-state index in [0.717, 1.165) is 6.42 Å². The number of hydrogen-bond donors (Lipinski definition) is 2. The first-order valence-electron chi connectivity index (χ1n) is 6.33.